The number of benzene rings is 1. The second-order valence-corrected chi connectivity index (χ2v) is 3.79. The normalized spacial score (nSPS) is 23.7. The van der Waals surface area contributed by atoms with Gasteiger partial charge >= 0.3 is 0 Å². The Kier molecular flexibility index (Phi) is 3.54. The molecule has 0 aromatic heterocycles. The maximum atomic E-state index is 11.2. The van der Waals surface area contributed by atoms with Crippen LogP contribution in [-0.2, 0) is 20.9 Å². The first kappa shape index (κ1) is 11.1. The van der Waals surface area contributed by atoms with E-state index in [9.17, 15) is 4.79 Å². The predicted octanol–water partition coefficient (Wildman–Crippen LogP) is 0.717. The third-order valence-corrected chi connectivity index (χ3v) is 2.57. The molecule has 1 saturated heterocycles. The Morgan fingerprint density at radius 3 is 2.69 bits per heavy atom. The quantitative estimate of drug-likeness (QED) is 0.745. The molecule has 2 rings (SSSR count). The number of rotatable bonds is 5. The maximum Gasteiger partial charge on any atom is 0.251 e. The lowest BCUT2D eigenvalue weighted by Crippen LogP contribution is -2.65. The molecule has 4 nitrogen and oxygen atoms in total. The number of hydrogen-bond acceptors (Lipinski definition) is 3. The first-order chi connectivity index (χ1) is 7.81. The fraction of sp³-hybridized carbons (Fsp3) is 0.417. The van der Waals surface area contributed by atoms with Crippen molar-refractivity contribution in [3.05, 3.63) is 35.9 Å². The fourth-order valence-electron chi connectivity index (χ4n) is 1.69. The average Bonchev–Trinajstić information content (AvgIpc) is 2.30. The summed E-state index contributed by atoms with van der Waals surface area (Å²) in [6, 6.07) is 9.79. The van der Waals surface area contributed by atoms with Crippen molar-refractivity contribution in [3.8, 4) is 0 Å². The molecule has 1 aliphatic heterocycles. The average molecular weight is 221 g/mol. The van der Waals surface area contributed by atoms with Gasteiger partial charge in [0, 0.05) is 7.11 Å². The minimum absolute atomic E-state index is 0.0128. The second kappa shape index (κ2) is 5.09. The van der Waals surface area contributed by atoms with Gasteiger partial charge in [-0.1, -0.05) is 30.3 Å². The number of nitrogens with one attached hydrogen (secondary N) is 1. The number of ether oxygens (including phenoxy) is 2. The lowest BCUT2D eigenvalue weighted by Gasteiger charge is -2.35. The fourth-order valence-corrected chi connectivity index (χ4v) is 1.69. The van der Waals surface area contributed by atoms with Crippen LogP contribution in [0.4, 0.5) is 0 Å². The van der Waals surface area contributed by atoms with Crippen molar-refractivity contribution < 1.29 is 14.3 Å². The van der Waals surface area contributed by atoms with E-state index >= 15 is 0 Å². The van der Waals surface area contributed by atoms with Crippen LogP contribution >= 0.6 is 0 Å². The van der Waals surface area contributed by atoms with Crippen molar-refractivity contribution in [1.82, 2.24) is 5.32 Å². The van der Waals surface area contributed by atoms with E-state index < -0.39 is 0 Å². The summed E-state index contributed by atoms with van der Waals surface area (Å²) in [7, 11) is 1.61. The van der Waals surface area contributed by atoms with Crippen molar-refractivity contribution in [2.24, 2.45) is 0 Å². The van der Waals surface area contributed by atoms with Gasteiger partial charge < -0.3 is 14.8 Å². The largest absolute Gasteiger partial charge is 0.382 e. The molecule has 2 atom stereocenters. The van der Waals surface area contributed by atoms with Gasteiger partial charge in [0.1, 0.15) is 0 Å². The molecule has 0 radical (unpaired) electrons. The van der Waals surface area contributed by atoms with Crippen molar-refractivity contribution in [2.75, 3.05) is 13.7 Å². The summed E-state index contributed by atoms with van der Waals surface area (Å²) >= 11 is 0. The van der Waals surface area contributed by atoms with Gasteiger partial charge in [0.25, 0.3) is 5.91 Å². The molecular weight excluding hydrogens is 206 g/mol. The SMILES string of the molecule is COC[C@@H]1NC(=O)[C@@H]1OCc1ccccc1. The first-order valence-corrected chi connectivity index (χ1v) is 5.26. The summed E-state index contributed by atoms with van der Waals surface area (Å²) in [6.45, 7) is 0.949. The Morgan fingerprint density at radius 2 is 2.06 bits per heavy atom. The standard InChI is InChI=1S/C12H15NO3/c1-15-8-10-11(12(14)13-10)16-7-9-5-3-2-4-6-9/h2-6,10-11H,7-8H2,1H3,(H,13,14)/t10-,11+/m0/s1. The van der Waals surface area contributed by atoms with Crippen LogP contribution < -0.4 is 5.32 Å². The Labute approximate surface area is 94.6 Å². The number of β-lactam (4-membered cyclic amide) rings is 1. The van der Waals surface area contributed by atoms with Crippen LogP contribution in [0, 0.1) is 0 Å². The lowest BCUT2D eigenvalue weighted by molar-refractivity contribution is -0.152. The Balaban J connectivity index is 1.83. The highest BCUT2D eigenvalue weighted by Gasteiger charge is 2.40. The number of methoxy groups -OCH3 is 1. The van der Waals surface area contributed by atoms with Crippen LogP contribution in [0.5, 0.6) is 0 Å². The summed E-state index contributed by atoms with van der Waals surface area (Å²) in [5.41, 5.74) is 1.07. The zero-order valence-corrected chi connectivity index (χ0v) is 9.18. The molecule has 1 fully saturated rings. The molecule has 1 heterocycles. The highest BCUT2D eigenvalue weighted by Crippen LogP contribution is 2.13. The summed E-state index contributed by atoms with van der Waals surface area (Å²) in [6.07, 6.45) is -0.375. The molecule has 1 aromatic rings. The van der Waals surface area contributed by atoms with E-state index in [1.165, 1.54) is 0 Å². The molecule has 1 aromatic carbocycles. The summed E-state index contributed by atoms with van der Waals surface area (Å²) in [5.74, 6) is -0.0574. The van der Waals surface area contributed by atoms with Crippen LogP contribution in [0.1, 0.15) is 5.56 Å². The van der Waals surface area contributed by atoms with Crippen molar-refractivity contribution in [3.63, 3.8) is 0 Å². The Bertz CT molecular complexity index is 353. The van der Waals surface area contributed by atoms with E-state index in [1.807, 2.05) is 30.3 Å². The zero-order chi connectivity index (χ0) is 11.4. The molecule has 16 heavy (non-hydrogen) atoms. The van der Waals surface area contributed by atoms with E-state index in [4.69, 9.17) is 9.47 Å². The summed E-state index contributed by atoms with van der Waals surface area (Å²) < 4.78 is 10.5. The van der Waals surface area contributed by atoms with Gasteiger partial charge in [-0.25, -0.2) is 0 Å². The Morgan fingerprint density at radius 1 is 1.31 bits per heavy atom. The van der Waals surface area contributed by atoms with Crippen LogP contribution in [0.25, 0.3) is 0 Å². The van der Waals surface area contributed by atoms with E-state index in [-0.39, 0.29) is 18.1 Å². The molecule has 0 aliphatic carbocycles. The van der Waals surface area contributed by atoms with Crippen LogP contribution in [0.15, 0.2) is 30.3 Å². The molecule has 1 aliphatic rings. The molecule has 0 bridgehead atoms. The second-order valence-electron chi connectivity index (χ2n) is 3.79. The molecule has 86 valence electrons. The summed E-state index contributed by atoms with van der Waals surface area (Å²) in [5, 5.41) is 2.74. The topological polar surface area (TPSA) is 47.6 Å². The monoisotopic (exact) mass is 221 g/mol. The zero-order valence-electron chi connectivity index (χ0n) is 9.18. The van der Waals surface area contributed by atoms with Gasteiger partial charge in [-0.3, -0.25) is 4.79 Å². The minimum Gasteiger partial charge on any atom is -0.382 e. The third kappa shape index (κ3) is 2.40. The minimum atomic E-state index is -0.375. The van der Waals surface area contributed by atoms with E-state index in [1.54, 1.807) is 7.11 Å². The predicted molar refractivity (Wildman–Crippen MR) is 58.8 cm³/mol. The van der Waals surface area contributed by atoms with Gasteiger partial charge in [0.05, 0.1) is 19.3 Å². The highest BCUT2D eigenvalue weighted by atomic mass is 16.5. The molecule has 0 saturated carbocycles. The van der Waals surface area contributed by atoms with Gasteiger partial charge in [-0.05, 0) is 5.56 Å². The maximum absolute atomic E-state index is 11.2. The molecule has 1 amide bonds. The van der Waals surface area contributed by atoms with Gasteiger partial charge in [0.2, 0.25) is 0 Å². The third-order valence-electron chi connectivity index (χ3n) is 2.57. The molecule has 4 heteroatoms. The van der Waals surface area contributed by atoms with Crippen molar-refractivity contribution >= 4 is 5.91 Å². The van der Waals surface area contributed by atoms with E-state index in [2.05, 4.69) is 5.32 Å². The molecule has 0 unspecified atom stereocenters. The van der Waals surface area contributed by atoms with E-state index in [0.717, 1.165) is 5.56 Å². The molecular formula is C12H15NO3. The van der Waals surface area contributed by atoms with Crippen LogP contribution in [-0.4, -0.2) is 31.8 Å². The van der Waals surface area contributed by atoms with Crippen molar-refractivity contribution in [2.45, 2.75) is 18.8 Å². The van der Waals surface area contributed by atoms with Gasteiger partial charge in [-0.2, -0.15) is 0 Å². The number of carbonyl (C=O) groups excluding carboxylic acids is 1. The number of amides is 1. The van der Waals surface area contributed by atoms with Crippen LogP contribution in [0.3, 0.4) is 0 Å². The molecule has 1 N–H and O–H groups in total. The number of carbonyl (C=O) groups is 1. The Hall–Kier alpha value is -1.39. The van der Waals surface area contributed by atoms with Gasteiger partial charge in [0.15, 0.2) is 6.10 Å². The summed E-state index contributed by atoms with van der Waals surface area (Å²) in [4.78, 5) is 11.2. The smallest absolute Gasteiger partial charge is 0.251 e. The van der Waals surface area contributed by atoms with Gasteiger partial charge in [-0.15, -0.1) is 0 Å². The lowest BCUT2D eigenvalue weighted by atomic mass is 10.0. The van der Waals surface area contributed by atoms with E-state index in [0.29, 0.717) is 13.2 Å². The highest BCUT2D eigenvalue weighted by molar-refractivity contribution is 5.88. The molecule has 0 spiro atoms. The van der Waals surface area contributed by atoms with Crippen LogP contribution in [0.2, 0.25) is 0 Å². The van der Waals surface area contributed by atoms with Crippen molar-refractivity contribution in [1.29, 1.82) is 0 Å². The number of hydrogen-bond donors (Lipinski definition) is 1. The first-order valence-electron chi connectivity index (χ1n) is 5.26.